The first kappa shape index (κ1) is 75.6. The number of allylic oxidation sites excluding steroid dienone is 24. The highest BCUT2D eigenvalue weighted by molar-refractivity contribution is 5.74. The minimum atomic E-state index is -1.93. The number of carbonyl (C=O) groups is 4. The van der Waals surface area contributed by atoms with Crippen LogP contribution in [0.1, 0.15) is 226 Å². The third-order valence-electron chi connectivity index (χ3n) is 13.4. The molecule has 1 saturated heterocycles. The van der Waals surface area contributed by atoms with Crippen LogP contribution >= 0.6 is 0 Å². The Bertz CT molecular complexity index is 2000. The van der Waals surface area contributed by atoms with E-state index >= 15 is 0 Å². The van der Waals surface area contributed by atoms with Crippen LogP contribution in [0.2, 0.25) is 0 Å². The second-order valence-electron chi connectivity index (χ2n) is 20.9. The Morgan fingerprint density at radius 1 is 0.410 bits per heavy atom. The van der Waals surface area contributed by atoms with E-state index in [1.54, 1.807) is 0 Å². The van der Waals surface area contributed by atoms with Crippen molar-refractivity contribution in [2.45, 2.75) is 263 Å². The molecule has 6 unspecified atom stereocenters. The van der Waals surface area contributed by atoms with Gasteiger partial charge in [0.15, 0.2) is 24.6 Å². The van der Waals surface area contributed by atoms with Gasteiger partial charge in [-0.1, -0.05) is 224 Å². The Labute approximate surface area is 502 Å². The second-order valence-corrected chi connectivity index (χ2v) is 20.9. The van der Waals surface area contributed by atoms with Crippen LogP contribution in [-0.2, 0) is 42.9 Å². The van der Waals surface area contributed by atoms with Crippen LogP contribution in [0.25, 0.3) is 0 Å². The number of carboxylic acid groups (broad SMARTS) is 1. The van der Waals surface area contributed by atoms with E-state index in [9.17, 15) is 34.5 Å². The average Bonchev–Trinajstić information content (AvgIpc) is 3.57. The standard InChI is InChI=1S/C71H110O12/c1-4-7-10-13-16-19-22-25-28-30-32-34-37-39-42-45-48-51-54-57-63(72)79-60-62(81-64(73)58-55-52-49-46-43-40-36-27-24-21-18-15-12-9-6-3)61-80-71-69(67(76)66(75)68(83-71)70(77)78)82-65(74)59-56-53-50-47-44-41-38-35-33-31-29-26-23-20-17-14-11-8-5-2/h7,9-10,12,16-21,25-29,32,34,36,39,42-43,46,48,51,62,66-69,71,75-76H,4-6,8,11,13-15,22-24,30-31,33,35,37-38,40-41,44-45,47,49-50,52-61H2,1-3H3,(H,77,78)/b10-7-,12-9-,19-16-,20-17-,21-18-,28-25-,29-26-,34-32-,36-27-,42-39-,46-43-,51-48-. The van der Waals surface area contributed by atoms with E-state index in [1.807, 2.05) is 12.2 Å². The number of hydrogen-bond acceptors (Lipinski definition) is 11. The van der Waals surface area contributed by atoms with Crippen molar-refractivity contribution in [3.05, 3.63) is 146 Å². The summed E-state index contributed by atoms with van der Waals surface area (Å²) in [5, 5.41) is 31.6. The van der Waals surface area contributed by atoms with E-state index in [2.05, 4.69) is 154 Å². The largest absolute Gasteiger partial charge is 0.479 e. The van der Waals surface area contributed by atoms with Gasteiger partial charge in [-0.2, -0.15) is 0 Å². The van der Waals surface area contributed by atoms with Gasteiger partial charge in [0.2, 0.25) is 0 Å². The number of hydrogen-bond donors (Lipinski definition) is 3. The van der Waals surface area contributed by atoms with Crippen molar-refractivity contribution in [2.75, 3.05) is 13.2 Å². The number of carboxylic acids is 1. The molecule has 1 fully saturated rings. The maximum Gasteiger partial charge on any atom is 0.335 e. The van der Waals surface area contributed by atoms with E-state index in [4.69, 9.17) is 23.7 Å². The number of aliphatic hydroxyl groups is 2. The van der Waals surface area contributed by atoms with Crippen LogP contribution < -0.4 is 0 Å². The van der Waals surface area contributed by atoms with Crippen LogP contribution in [0.5, 0.6) is 0 Å². The summed E-state index contributed by atoms with van der Waals surface area (Å²) < 4.78 is 28.4. The van der Waals surface area contributed by atoms with Crippen molar-refractivity contribution < 1.29 is 58.2 Å². The molecule has 12 heteroatoms. The molecule has 1 aliphatic heterocycles. The molecule has 1 aliphatic rings. The summed E-state index contributed by atoms with van der Waals surface area (Å²) in [5.74, 6) is -3.31. The lowest BCUT2D eigenvalue weighted by molar-refractivity contribution is -0.301. The fourth-order valence-electron chi connectivity index (χ4n) is 8.59. The summed E-state index contributed by atoms with van der Waals surface area (Å²) in [6.45, 7) is 5.64. The molecule has 0 aromatic carbocycles. The molecule has 466 valence electrons. The number of esters is 3. The van der Waals surface area contributed by atoms with E-state index in [-0.39, 0.29) is 25.9 Å². The number of rotatable bonds is 52. The van der Waals surface area contributed by atoms with E-state index in [1.165, 1.54) is 51.4 Å². The minimum absolute atomic E-state index is 0.0353. The number of carbonyl (C=O) groups excluding carboxylic acids is 3. The molecule has 0 radical (unpaired) electrons. The van der Waals surface area contributed by atoms with Crippen molar-refractivity contribution in [1.29, 1.82) is 0 Å². The quantitative estimate of drug-likeness (QED) is 0.0228. The van der Waals surface area contributed by atoms with Gasteiger partial charge >= 0.3 is 23.9 Å². The monoisotopic (exact) mass is 1150 g/mol. The van der Waals surface area contributed by atoms with Crippen molar-refractivity contribution in [2.24, 2.45) is 0 Å². The predicted molar refractivity (Wildman–Crippen MR) is 339 cm³/mol. The third kappa shape index (κ3) is 46.6. The van der Waals surface area contributed by atoms with E-state index in [0.717, 1.165) is 109 Å². The summed E-state index contributed by atoms with van der Waals surface area (Å²) in [7, 11) is 0. The molecular formula is C71H110O12. The highest BCUT2D eigenvalue weighted by Gasteiger charge is 2.50. The topological polar surface area (TPSA) is 175 Å². The van der Waals surface area contributed by atoms with Gasteiger partial charge in [-0.15, -0.1) is 0 Å². The van der Waals surface area contributed by atoms with E-state index < -0.39 is 67.3 Å². The molecule has 3 N–H and O–H groups in total. The molecule has 0 bridgehead atoms. The molecule has 0 aromatic heterocycles. The number of aliphatic carboxylic acids is 1. The summed E-state index contributed by atoms with van der Waals surface area (Å²) in [6.07, 6.45) is 69.6. The average molecular weight is 1160 g/mol. The predicted octanol–water partition coefficient (Wildman–Crippen LogP) is 17.1. The van der Waals surface area contributed by atoms with Crippen LogP contribution in [-0.4, -0.2) is 89.2 Å². The Morgan fingerprint density at radius 2 is 0.783 bits per heavy atom. The maximum atomic E-state index is 13.2. The van der Waals surface area contributed by atoms with Gasteiger partial charge in [0.05, 0.1) is 6.61 Å². The van der Waals surface area contributed by atoms with Crippen LogP contribution in [0, 0.1) is 0 Å². The van der Waals surface area contributed by atoms with Gasteiger partial charge in [0.25, 0.3) is 0 Å². The van der Waals surface area contributed by atoms with Crippen LogP contribution in [0.4, 0.5) is 0 Å². The Morgan fingerprint density at radius 3 is 1.23 bits per heavy atom. The zero-order valence-electron chi connectivity index (χ0n) is 51.4. The molecule has 0 amide bonds. The zero-order valence-corrected chi connectivity index (χ0v) is 51.4. The molecule has 1 rings (SSSR count). The maximum absolute atomic E-state index is 13.2. The lowest BCUT2D eigenvalue weighted by Crippen LogP contribution is -2.61. The fourth-order valence-corrected chi connectivity index (χ4v) is 8.59. The van der Waals surface area contributed by atoms with Gasteiger partial charge in [0, 0.05) is 19.3 Å². The number of unbranched alkanes of at least 4 members (excludes halogenated alkanes) is 14. The zero-order chi connectivity index (χ0) is 60.3. The molecule has 83 heavy (non-hydrogen) atoms. The van der Waals surface area contributed by atoms with Gasteiger partial charge < -0.3 is 39.0 Å². The molecule has 6 atom stereocenters. The normalized spacial score (nSPS) is 18.6. The lowest BCUT2D eigenvalue weighted by Gasteiger charge is -2.40. The Balaban J connectivity index is 2.74. The van der Waals surface area contributed by atoms with Gasteiger partial charge in [-0.3, -0.25) is 14.4 Å². The minimum Gasteiger partial charge on any atom is -0.479 e. The summed E-state index contributed by atoms with van der Waals surface area (Å²) in [5.41, 5.74) is 0. The van der Waals surface area contributed by atoms with Crippen LogP contribution in [0.3, 0.4) is 0 Å². The molecule has 0 saturated carbocycles. The van der Waals surface area contributed by atoms with Crippen molar-refractivity contribution in [1.82, 2.24) is 0 Å². The first-order valence-corrected chi connectivity index (χ1v) is 31.8. The van der Waals surface area contributed by atoms with Crippen molar-refractivity contribution in [3.8, 4) is 0 Å². The SMILES string of the molecule is CC/C=C\C/C=C\C/C=C\C/C=C\C/C=C\C/C=C\CCC(=O)OCC(COC1OC(C(=O)O)C(O)C(O)C1OC(=O)CCCCCCCCCCC/C=C\C/C=C\CCCCC)OC(=O)CCCC/C=C\C/C=C\C/C=C\C/C=C\CC. The fraction of sp³-hybridized carbons (Fsp3) is 0.606. The first-order chi connectivity index (χ1) is 40.6. The Hall–Kier alpha value is -5.40. The smallest absolute Gasteiger partial charge is 0.335 e. The summed E-state index contributed by atoms with van der Waals surface area (Å²) in [4.78, 5) is 51.3. The van der Waals surface area contributed by atoms with Crippen molar-refractivity contribution in [3.63, 3.8) is 0 Å². The van der Waals surface area contributed by atoms with Crippen molar-refractivity contribution >= 4 is 23.9 Å². The third-order valence-corrected chi connectivity index (χ3v) is 13.4. The number of aliphatic hydroxyl groups excluding tert-OH is 2. The highest BCUT2D eigenvalue weighted by Crippen LogP contribution is 2.26. The number of ether oxygens (including phenoxy) is 5. The molecular weight excluding hydrogens is 1040 g/mol. The molecule has 12 nitrogen and oxygen atoms in total. The molecule has 0 aromatic rings. The molecule has 0 spiro atoms. The molecule has 1 heterocycles. The van der Waals surface area contributed by atoms with Gasteiger partial charge in [0.1, 0.15) is 18.8 Å². The summed E-state index contributed by atoms with van der Waals surface area (Å²) >= 11 is 0. The Kier molecular flexibility index (Phi) is 52.0. The molecule has 0 aliphatic carbocycles. The van der Waals surface area contributed by atoms with Gasteiger partial charge in [-0.05, 0) is 128 Å². The highest BCUT2D eigenvalue weighted by atomic mass is 16.7. The lowest BCUT2D eigenvalue weighted by atomic mass is 9.98. The summed E-state index contributed by atoms with van der Waals surface area (Å²) in [6, 6.07) is 0. The van der Waals surface area contributed by atoms with Crippen LogP contribution in [0.15, 0.2) is 146 Å². The second kappa shape index (κ2) is 57.1. The van der Waals surface area contributed by atoms with Gasteiger partial charge in [-0.25, -0.2) is 4.79 Å². The van der Waals surface area contributed by atoms with E-state index in [0.29, 0.717) is 25.7 Å². The first-order valence-electron chi connectivity index (χ1n) is 31.8.